The minimum Gasteiger partial charge on any atom is -0.358 e. The number of fused-ring (bicyclic) bond motifs is 1. The maximum atomic E-state index is 13.1. The van der Waals surface area contributed by atoms with Gasteiger partial charge < -0.3 is 4.98 Å². The Morgan fingerprint density at radius 1 is 0.862 bits per heavy atom. The second-order valence-electron chi connectivity index (χ2n) is 9.95. The summed E-state index contributed by atoms with van der Waals surface area (Å²) in [6.45, 7) is 16.1. The van der Waals surface area contributed by atoms with Gasteiger partial charge in [-0.2, -0.15) is 0 Å². The van der Waals surface area contributed by atoms with E-state index in [0.717, 1.165) is 27.9 Å². The van der Waals surface area contributed by atoms with Crippen molar-refractivity contribution < 1.29 is 4.79 Å². The number of aromatic nitrogens is 1. The number of pyridine rings is 1. The maximum absolute atomic E-state index is 13.1. The van der Waals surface area contributed by atoms with E-state index < -0.39 is 0 Å². The van der Waals surface area contributed by atoms with Crippen LogP contribution in [-0.4, -0.2) is 16.5 Å². The summed E-state index contributed by atoms with van der Waals surface area (Å²) >= 11 is 0. The zero-order valence-corrected chi connectivity index (χ0v) is 18.7. The van der Waals surface area contributed by atoms with Crippen molar-refractivity contribution in [3.8, 4) is 0 Å². The van der Waals surface area contributed by atoms with E-state index in [2.05, 4.69) is 4.98 Å². The quantitative estimate of drug-likeness (QED) is 0.631. The lowest BCUT2D eigenvalue weighted by Gasteiger charge is -2.31. The first-order valence-corrected chi connectivity index (χ1v) is 10.00. The molecule has 1 aliphatic carbocycles. The summed E-state index contributed by atoms with van der Waals surface area (Å²) in [6, 6.07) is 5.44. The van der Waals surface area contributed by atoms with Crippen LogP contribution >= 0.6 is 0 Å². The third kappa shape index (κ3) is 4.02. The molecule has 1 N–H and O–H groups in total. The van der Waals surface area contributed by atoms with Crippen LogP contribution in [0.25, 0.3) is 10.9 Å². The zero-order chi connectivity index (χ0) is 21.7. The average Bonchev–Trinajstić information content (AvgIpc) is 2.56. The Labute approximate surface area is 172 Å². The molecule has 1 heterocycles. The van der Waals surface area contributed by atoms with Crippen molar-refractivity contribution >= 4 is 28.1 Å². The van der Waals surface area contributed by atoms with Gasteiger partial charge in [-0.3, -0.25) is 9.59 Å². The van der Waals surface area contributed by atoms with Crippen LogP contribution < -0.4 is 5.43 Å². The molecule has 0 fully saturated rings. The minimum atomic E-state index is -0.299. The third-order valence-corrected chi connectivity index (χ3v) is 5.25. The van der Waals surface area contributed by atoms with Gasteiger partial charge in [-0.25, -0.2) is 4.99 Å². The molecule has 0 radical (unpaired) electrons. The second-order valence-corrected chi connectivity index (χ2v) is 9.95. The highest BCUT2D eigenvalue weighted by molar-refractivity contribution is 6.23. The molecular formula is C25H30N2O2. The summed E-state index contributed by atoms with van der Waals surface area (Å²) in [7, 11) is 0. The van der Waals surface area contributed by atoms with Crippen LogP contribution in [0.4, 0.5) is 5.69 Å². The van der Waals surface area contributed by atoms with E-state index in [9.17, 15) is 9.59 Å². The molecule has 0 bridgehead atoms. The number of hydrogen-bond donors (Lipinski definition) is 1. The summed E-state index contributed by atoms with van der Waals surface area (Å²) in [5.41, 5.74) is 4.78. The van der Waals surface area contributed by atoms with Crippen molar-refractivity contribution in [1.82, 2.24) is 4.98 Å². The number of aromatic amines is 1. The number of carbonyl (C=O) groups excluding carboxylic acids is 1. The van der Waals surface area contributed by atoms with E-state index in [1.54, 1.807) is 6.07 Å². The maximum Gasteiger partial charge on any atom is 0.191 e. The number of rotatable bonds is 1. The number of ketones is 1. The van der Waals surface area contributed by atoms with Gasteiger partial charge in [0.15, 0.2) is 11.2 Å². The second kappa shape index (κ2) is 6.94. The Balaban J connectivity index is 2.30. The van der Waals surface area contributed by atoms with Gasteiger partial charge in [0.2, 0.25) is 0 Å². The molecule has 0 saturated carbocycles. The summed E-state index contributed by atoms with van der Waals surface area (Å²) in [5, 5.41) is 0.580. The number of hydrogen-bond acceptors (Lipinski definition) is 3. The third-order valence-electron chi connectivity index (χ3n) is 5.25. The molecule has 0 unspecified atom stereocenters. The Morgan fingerprint density at radius 3 is 1.93 bits per heavy atom. The molecule has 0 saturated heterocycles. The van der Waals surface area contributed by atoms with Gasteiger partial charge in [0, 0.05) is 22.9 Å². The van der Waals surface area contributed by atoms with Gasteiger partial charge in [-0.1, -0.05) is 47.6 Å². The van der Waals surface area contributed by atoms with E-state index in [4.69, 9.17) is 4.99 Å². The first-order chi connectivity index (χ1) is 13.3. The summed E-state index contributed by atoms with van der Waals surface area (Å²) < 4.78 is 0. The van der Waals surface area contributed by atoms with E-state index in [0.29, 0.717) is 16.8 Å². The highest BCUT2D eigenvalue weighted by Crippen LogP contribution is 2.37. The predicted octanol–water partition coefficient (Wildman–Crippen LogP) is 5.75. The van der Waals surface area contributed by atoms with E-state index in [1.807, 2.05) is 79.7 Å². The largest absolute Gasteiger partial charge is 0.358 e. The summed E-state index contributed by atoms with van der Waals surface area (Å²) in [6.07, 6.45) is 3.73. The van der Waals surface area contributed by atoms with Crippen molar-refractivity contribution in [2.75, 3.05) is 0 Å². The fourth-order valence-electron chi connectivity index (χ4n) is 3.63. The molecule has 0 aliphatic heterocycles. The first-order valence-electron chi connectivity index (χ1n) is 10.00. The lowest BCUT2D eigenvalue weighted by atomic mass is 9.72. The van der Waals surface area contributed by atoms with Gasteiger partial charge in [0.25, 0.3) is 0 Å². The number of carbonyl (C=O) groups is 1. The zero-order valence-electron chi connectivity index (χ0n) is 18.7. The molecule has 3 rings (SSSR count). The van der Waals surface area contributed by atoms with E-state index >= 15 is 0 Å². The number of nitrogens with one attached hydrogen (secondary N) is 1. The van der Waals surface area contributed by atoms with Crippen molar-refractivity contribution in [3.63, 3.8) is 0 Å². The van der Waals surface area contributed by atoms with Crippen LogP contribution in [0.2, 0.25) is 0 Å². The highest BCUT2D eigenvalue weighted by atomic mass is 16.1. The van der Waals surface area contributed by atoms with Crippen molar-refractivity contribution in [2.24, 2.45) is 15.8 Å². The standard InChI is InChI=1S/C25H30N2O2/c1-14-9-10-19(21-20(28)11-15(2)26-22(14)21)27-16-12-17(24(3,4)5)23(29)18(13-16)25(6,7)8/h9-13H,1-8H3,(H,26,28). The Kier molecular flexibility index (Phi) is 5.02. The molecule has 2 aromatic rings. The molecule has 0 amide bonds. The average molecular weight is 391 g/mol. The number of nitrogens with zero attached hydrogens (tertiary/aromatic N) is 1. The number of benzene rings is 1. The molecule has 152 valence electrons. The monoisotopic (exact) mass is 390 g/mol. The number of aryl methyl sites for hydroxylation is 2. The topological polar surface area (TPSA) is 62.3 Å². The normalized spacial score (nSPS) is 15.4. The predicted molar refractivity (Wildman–Crippen MR) is 121 cm³/mol. The Hall–Kier alpha value is -2.75. The molecule has 1 aromatic carbocycles. The lowest BCUT2D eigenvalue weighted by molar-refractivity contribution is -0.114. The van der Waals surface area contributed by atoms with Gasteiger partial charge in [0.1, 0.15) is 0 Å². The van der Waals surface area contributed by atoms with Crippen LogP contribution in [0.3, 0.4) is 0 Å². The SMILES string of the molecule is Cc1cc(=O)c2c(N=C3C=C(C(C)(C)C)C(=O)C(C(C)(C)C)=C3)ccc(C)c2[nH]1. The molecule has 0 spiro atoms. The van der Waals surface area contributed by atoms with Gasteiger partial charge >= 0.3 is 0 Å². The number of H-pyrrole nitrogens is 1. The lowest BCUT2D eigenvalue weighted by Crippen LogP contribution is -2.29. The Morgan fingerprint density at radius 2 is 1.41 bits per heavy atom. The molecule has 4 heteroatoms. The van der Waals surface area contributed by atoms with Crippen LogP contribution in [-0.2, 0) is 4.79 Å². The van der Waals surface area contributed by atoms with Crippen molar-refractivity contribution in [2.45, 2.75) is 55.4 Å². The van der Waals surface area contributed by atoms with Crippen LogP contribution in [0.1, 0.15) is 52.8 Å². The minimum absolute atomic E-state index is 0.0498. The fraction of sp³-hybridized carbons (Fsp3) is 0.400. The molecular weight excluding hydrogens is 360 g/mol. The number of allylic oxidation sites excluding steroid dienone is 4. The van der Waals surface area contributed by atoms with E-state index in [-0.39, 0.29) is 22.0 Å². The van der Waals surface area contributed by atoms with Crippen LogP contribution in [0, 0.1) is 24.7 Å². The molecule has 1 aliphatic rings. The first kappa shape index (κ1) is 21.0. The summed E-state index contributed by atoms with van der Waals surface area (Å²) in [4.78, 5) is 34.0. The van der Waals surface area contributed by atoms with Crippen molar-refractivity contribution in [3.05, 3.63) is 63.0 Å². The summed E-state index contributed by atoms with van der Waals surface area (Å²) in [5.74, 6) is 0.0752. The number of Topliss-reactive ketones (excluding diaryl/α,β-unsaturated/α-hetero) is 1. The fourth-order valence-corrected chi connectivity index (χ4v) is 3.63. The molecule has 1 aromatic heterocycles. The molecule has 4 nitrogen and oxygen atoms in total. The van der Waals surface area contributed by atoms with Crippen LogP contribution in [0.15, 0.2) is 51.3 Å². The van der Waals surface area contributed by atoms with Crippen molar-refractivity contribution in [1.29, 1.82) is 0 Å². The Bertz CT molecular complexity index is 1120. The van der Waals surface area contributed by atoms with Gasteiger partial charge in [-0.05, 0) is 48.5 Å². The van der Waals surface area contributed by atoms with Crippen LogP contribution in [0.5, 0.6) is 0 Å². The number of aliphatic imine (C=N–C) groups is 1. The molecule has 29 heavy (non-hydrogen) atoms. The molecule has 0 atom stereocenters. The van der Waals surface area contributed by atoms with Gasteiger partial charge in [0.05, 0.1) is 22.3 Å². The highest BCUT2D eigenvalue weighted by Gasteiger charge is 2.34. The smallest absolute Gasteiger partial charge is 0.191 e. The van der Waals surface area contributed by atoms with Gasteiger partial charge in [-0.15, -0.1) is 0 Å². The van der Waals surface area contributed by atoms with E-state index in [1.165, 1.54) is 0 Å².